The summed E-state index contributed by atoms with van der Waals surface area (Å²) in [4.78, 5) is 28.4. The number of hydrogen-bond donors (Lipinski definition) is 0. The van der Waals surface area contributed by atoms with Crippen molar-refractivity contribution >= 4 is 18.1 Å². The van der Waals surface area contributed by atoms with Gasteiger partial charge in [-0.2, -0.15) is 0 Å². The van der Waals surface area contributed by atoms with Crippen molar-refractivity contribution in [2.45, 2.75) is 19.8 Å². The third-order valence-corrected chi connectivity index (χ3v) is 4.61. The Morgan fingerprint density at radius 2 is 1.52 bits per heavy atom. The van der Waals surface area contributed by atoms with Crippen LogP contribution in [0.15, 0.2) is 65.5 Å². The highest BCUT2D eigenvalue weighted by atomic mass is 16.5. The molecule has 2 aromatic carbocycles. The zero-order valence-corrected chi connectivity index (χ0v) is 17.8. The van der Waals surface area contributed by atoms with Gasteiger partial charge >= 0.3 is 5.97 Å². The second kappa shape index (κ2) is 10.9. The van der Waals surface area contributed by atoms with Crippen LogP contribution in [0.2, 0.25) is 0 Å². The molecule has 0 bridgehead atoms. The molecule has 160 valence electrons. The number of unbranched alkanes of at least 4 members (excludes halogenated alkanes) is 1. The van der Waals surface area contributed by atoms with Gasteiger partial charge in [-0.15, -0.1) is 0 Å². The Morgan fingerprint density at radius 3 is 2.13 bits per heavy atom. The number of hydrogen-bond acceptors (Lipinski definition) is 5. The van der Waals surface area contributed by atoms with Crippen LogP contribution in [-0.4, -0.2) is 28.7 Å². The maximum absolute atomic E-state index is 13.0. The van der Waals surface area contributed by atoms with Crippen LogP contribution >= 0.6 is 0 Å². The second-order valence-electron chi connectivity index (χ2n) is 7.06. The van der Waals surface area contributed by atoms with Crippen molar-refractivity contribution in [2.24, 2.45) is 7.05 Å². The lowest BCUT2D eigenvalue weighted by Gasteiger charge is -2.09. The van der Waals surface area contributed by atoms with Crippen LogP contribution in [0.25, 0.3) is 12.2 Å². The van der Waals surface area contributed by atoms with Crippen molar-refractivity contribution in [2.75, 3.05) is 13.2 Å². The van der Waals surface area contributed by atoms with Crippen LogP contribution in [0, 0.1) is 0 Å². The number of esters is 1. The molecule has 6 nitrogen and oxygen atoms in total. The van der Waals surface area contributed by atoms with Gasteiger partial charge in [-0.05, 0) is 36.1 Å². The van der Waals surface area contributed by atoms with Gasteiger partial charge in [0.05, 0.1) is 13.2 Å². The minimum Gasteiger partial charge on any atom is -0.476 e. The lowest BCUT2D eigenvalue weighted by atomic mass is 10.2. The predicted octanol–water partition coefficient (Wildman–Crippen LogP) is 2.16. The molecule has 0 saturated heterocycles. The van der Waals surface area contributed by atoms with E-state index in [-0.39, 0.29) is 11.5 Å². The maximum Gasteiger partial charge on any atom is 0.302 e. The minimum atomic E-state index is -0.290. The first-order valence-electron chi connectivity index (χ1n) is 10.2. The summed E-state index contributed by atoms with van der Waals surface area (Å²) in [6.07, 6.45) is 5.02. The molecule has 1 aromatic heterocycles. The first-order chi connectivity index (χ1) is 15.0. The topological polar surface area (TPSA) is 70.4 Å². The largest absolute Gasteiger partial charge is 0.476 e. The van der Waals surface area contributed by atoms with E-state index in [0.717, 1.165) is 11.1 Å². The molecule has 0 atom stereocenters. The predicted molar refractivity (Wildman–Crippen MR) is 120 cm³/mol. The van der Waals surface area contributed by atoms with E-state index < -0.39 is 0 Å². The van der Waals surface area contributed by atoms with E-state index in [4.69, 9.17) is 9.47 Å². The molecule has 31 heavy (non-hydrogen) atoms. The Hall–Kier alpha value is -3.67. The number of benzene rings is 2. The molecular weight excluding hydrogens is 392 g/mol. The van der Waals surface area contributed by atoms with Gasteiger partial charge in [-0.3, -0.25) is 9.59 Å². The summed E-state index contributed by atoms with van der Waals surface area (Å²) >= 11 is 0. The average Bonchev–Trinajstić information content (AvgIpc) is 2.78. The first-order valence-corrected chi connectivity index (χ1v) is 10.2. The van der Waals surface area contributed by atoms with Crippen LogP contribution in [0.4, 0.5) is 0 Å². The maximum atomic E-state index is 13.0. The standard InChI is InChI=1S/C25H26N2O4/c1-19(28)30-15-9-10-16-31-24-23(18-21-13-7-4-8-14-21)27(2)25(29)22(26-24)17-20-11-5-3-6-12-20/h3-8,11-14,17-18H,9-10,15-16H2,1-2H3. The molecule has 3 rings (SSSR count). The van der Waals surface area contributed by atoms with Crippen LogP contribution < -0.4 is 21.0 Å². The lowest BCUT2D eigenvalue weighted by Crippen LogP contribution is -2.44. The fraction of sp³-hybridized carbons (Fsp3) is 0.240. The zero-order chi connectivity index (χ0) is 22.1. The Morgan fingerprint density at radius 1 is 0.935 bits per heavy atom. The third-order valence-electron chi connectivity index (χ3n) is 4.61. The fourth-order valence-corrected chi connectivity index (χ4v) is 3.00. The molecule has 0 fully saturated rings. The highest BCUT2D eigenvalue weighted by molar-refractivity contribution is 5.65. The molecule has 0 N–H and O–H groups in total. The molecule has 1 heterocycles. The number of ether oxygens (including phenoxy) is 2. The minimum absolute atomic E-state index is 0.201. The van der Waals surface area contributed by atoms with Gasteiger partial charge in [-0.1, -0.05) is 60.7 Å². The van der Waals surface area contributed by atoms with Crippen molar-refractivity contribution in [3.8, 4) is 5.88 Å². The number of aromatic nitrogens is 2. The van der Waals surface area contributed by atoms with E-state index in [2.05, 4.69) is 4.98 Å². The van der Waals surface area contributed by atoms with E-state index in [0.29, 0.717) is 42.6 Å². The van der Waals surface area contributed by atoms with Crippen LogP contribution in [0.5, 0.6) is 5.88 Å². The molecule has 0 amide bonds. The Labute approximate surface area is 181 Å². The highest BCUT2D eigenvalue weighted by Crippen LogP contribution is 2.03. The molecule has 0 aliphatic carbocycles. The molecule has 0 spiro atoms. The van der Waals surface area contributed by atoms with Crippen molar-refractivity contribution < 1.29 is 14.3 Å². The first kappa shape index (κ1) is 22.0. The van der Waals surface area contributed by atoms with Crippen molar-refractivity contribution in [1.29, 1.82) is 0 Å². The van der Waals surface area contributed by atoms with Gasteiger partial charge in [0.2, 0.25) is 5.88 Å². The molecule has 0 saturated carbocycles. The Bertz CT molecular complexity index is 1190. The normalized spacial score (nSPS) is 12.1. The number of carbonyl (C=O) groups is 1. The summed E-state index contributed by atoms with van der Waals surface area (Å²) in [7, 11) is 1.72. The molecule has 0 radical (unpaired) electrons. The summed E-state index contributed by atoms with van der Waals surface area (Å²) in [5.74, 6) is 0.0992. The quantitative estimate of drug-likeness (QED) is 0.414. The van der Waals surface area contributed by atoms with E-state index in [1.165, 1.54) is 6.92 Å². The van der Waals surface area contributed by atoms with Crippen molar-refractivity contribution in [3.63, 3.8) is 0 Å². The van der Waals surface area contributed by atoms with Crippen molar-refractivity contribution in [3.05, 3.63) is 92.8 Å². The van der Waals surface area contributed by atoms with E-state index in [1.807, 2.05) is 66.7 Å². The molecule has 0 aliphatic heterocycles. The van der Waals surface area contributed by atoms with Crippen LogP contribution in [0.3, 0.4) is 0 Å². The highest BCUT2D eigenvalue weighted by Gasteiger charge is 2.08. The van der Waals surface area contributed by atoms with Gasteiger partial charge in [0.15, 0.2) is 0 Å². The van der Waals surface area contributed by atoms with Crippen LogP contribution in [-0.2, 0) is 16.6 Å². The molecule has 3 aromatic rings. The van der Waals surface area contributed by atoms with Crippen LogP contribution in [0.1, 0.15) is 30.9 Å². The summed E-state index contributed by atoms with van der Waals surface area (Å²) in [5.41, 5.74) is 1.63. The fourth-order valence-electron chi connectivity index (χ4n) is 3.00. The van der Waals surface area contributed by atoms with Gasteiger partial charge in [0.1, 0.15) is 10.7 Å². The molecule has 6 heteroatoms. The smallest absolute Gasteiger partial charge is 0.302 e. The number of rotatable bonds is 8. The third kappa shape index (κ3) is 6.40. The van der Waals surface area contributed by atoms with Gasteiger partial charge in [0, 0.05) is 14.0 Å². The van der Waals surface area contributed by atoms with Gasteiger partial charge in [0.25, 0.3) is 5.56 Å². The van der Waals surface area contributed by atoms with Gasteiger partial charge in [-0.25, -0.2) is 4.98 Å². The van der Waals surface area contributed by atoms with E-state index in [1.54, 1.807) is 17.7 Å². The zero-order valence-electron chi connectivity index (χ0n) is 17.8. The second-order valence-corrected chi connectivity index (χ2v) is 7.06. The molecule has 0 aliphatic rings. The molecular formula is C25H26N2O4. The van der Waals surface area contributed by atoms with E-state index >= 15 is 0 Å². The Balaban J connectivity index is 1.96. The summed E-state index contributed by atoms with van der Waals surface area (Å²) in [6, 6.07) is 19.3. The summed E-state index contributed by atoms with van der Waals surface area (Å²) in [6.45, 7) is 2.14. The average molecular weight is 418 g/mol. The lowest BCUT2D eigenvalue weighted by molar-refractivity contribution is -0.141. The monoisotopic (exact) mass is 418 g/mol. The van der Waals surface area contributed by atoms with E-state index in [9.17, 15) is 9.59 Å². The molecule has 0 unspecified atom stereocenters. The van der Waals surface area contributed by atoms with Crippen molar-refractivity contribution in [1.82, 2.24) is 9.55 Å². The summed E-state index contributed by atoms with van der Waals surface area (Å²) < 4.78 is 12.5. The van der Waals surface area contributed by atoms with Gasteiger partial charge < -0.3 is 14.0 Å². The Kier molecular flexibility index (Phi) is 7.76. The number of carbonyl (C=O) groups excluding carboxylic acids is 1. The number of nitrogens with zero attached hydrogens (tertiary/aromatic N) is 2. The summed E-state index contributed by atoms with van der Waals surface area (Å²) in [5, 5.41) is 0.912. The SMILES string of the molecule is CC(=O)OCCCCOc1nc(=Cc2ccccc2)c(=O)n(C)c1=Cc1ccccc1.